The van der Waals surface area contributed by atoms with E-state index in [0.29, 0.717) is 17.6 Å². The molecule has 0 saturated carbocycles. The molecule has 1 fully saturated rings. The molecule has 2 rings (SSSR count). The van der Waals surface area contributed by atoms with E-state index in [1.165, 1.54) is 0 Å². The number of hydrogen-bond donors (Lipinski definition) is 1. The third-order valence-electron chi connectivity index (χ3n) is 3.67. The summed E-state index contributed by atoms with van der Waals surface area (Å²) in [7, 11) is 1.77. The van der Waals surface area contributed by atoms with Gasteiger partial charge in [-0.05, 0) is 33.2 Å². The van der Waals surface area contributed by atoms with Crippen molar-refractivity contribution in [1.82, 2.24) is 15.1 Å². The standard InChI is InChI=1S/C12H21N5O2/c1-4-16(10-6-5-7-13-8-10)12-11(17(18)19)9(2)14-15(12)3/h10,13H,4-8H2,1-3H3. The van der Waals surface area contributed by atoms with Crippen LogP contribution in [0.3, 0.4) is 0 Å². The molecule has 19 heavy (non-hydrogen) atoms. The maximum atomic E-state index is 11.3. The number of aromatic nitrogens is 2. The second-order valence-corrected chi connectivity index (χ2v) is 4.92. The van der Waals surface area contributed by atoms with E-state index in [2.05, 4.69) is 15.3 Å². The molecular formula is C12H21N5O2. The molecule has 0 bridgehead atoms. The van der Waals surface area contributed by atoms with Crippen LogP contribution in [0.15, 0.2) is 0 Å². The van der Waals surface area contributed by atoms with E-state index in [4.69, 9.17) is 0 Å². The van der Waals surface area contributed by atoms with Gasteiger partial charge in [-0.3, -0.25) is 10.1 Å². The molecule has 2 heterocycles. The number of piperidine rings is 1. The number of rotatable bonds is 4. The fourth-order valence-corrected chi connectivity index (χ4v) is 2.85. The predicted octanol–water partition coefficient (Wildman–Crippen LogP) is 1.22. The Hall–Kier alpha value is -1.63. The van der Waals surface area contributed by atoms with E-state index in [-0.39, 0.29) is 10.6 Å². The van der Waals surface area contributed by atoms with Crippen molar-refractivity contribution in [3.05, 3.63) is 15.8 Å². The first kappa shape index (κ1) is 13.8. The zero-order valence-corrected chi connectivity index (χ0v) is 11.7. The highest BCUT2D eigenvalue weighted by atomic mass is 16.6. The van der Waals surface area contributed by atoms with Crippen molar-refractivity contribution in [2.24, 2.45) is 7.05 Å². The Morgan fingerprint density at radius 1 is 1.63 bits per heavy atom. The lowest BCUT2D eigenvalue weighted by Gasteiger charge is -2.34. The third-order valence-corrected chi connectivity index (χ3v) is 3.67. The molecule has 1 aliphatic heterocycles. The number of likely N-dealkylation sites (N-methyl/N-ethyl adjacent to an activating group) is 1. The summed E-state index contributed by atoms with van der Waals surface area (Å²) in [5.74, 6) is 0.624. The fourth-order valence-electron chi connectivity index (χ4n) is 2.85. The second kappa shape index (κ2) is 5.56. The highest BCUT2D eigenvalue weighted by Gasteiger charge is 2.31. The van der Waals surface area contributed by atoms with Crippen LogP contribution in [0.25, 0.3) is 0 Å². The molecule has 7 nitrogen and oxygen atoms in total. The predicted molar refractivity (Wildman–Crippen MR) is 73.5 cm³/mol. The maximum absolute atomic E-state index is 11.3. The number of hydrogen-bond acceptors (Lipinski definition) is 5. The van der Waals surface area contributed by atoms with Crippen molar-refractivity contribution in [1.29, 1.82) is 0 Å². The first-order valence-electron chi connectivity index (χ1n) is 6.71. The van der Waals surface area contributed by atoms with E-state index >= 15 is 0 Å². The monoisotopic (exact) mass is 267 g/mol. The minimum absolute atomic E-state index is 0.134. The van der Waals surface area contributed by atoms with E-state index in [9.17, 15) is 10.1 Å². The van der Waals surface area contributed by atoms with Crippen molar-refractivity contribution in [3.63, 3.8) is 0 Å². The van der Waals surface area contributed by atoms with Crippen LogP contribution >= 0.6 is 0 Å². The minimum atomic E-state index is -0.323. The van der Waals surface area contributed by atoms with Crippen molar-refractivity contribution in [2.75, 3.05) is 24.5 Å². The van der Waals surface area contributed by atoms with Crippen LogP contribution in [-0.2, 0) is 7.05 Å². The molecule has 0 spiro atoms. The van der Waals surface area contributed by atoms with E-state index in [1.807, 2.05) is 6.92 Å². The van der Waals surface area contributed by atoms with E-state index in [0.717, 1.165) is 32.5 Å². The van der Waals surface area contributed by atoms with Crippen molar-refractivity contribution in [2.45, 2.75) is 32.7 Å². The summed E-state index contributed by atoms with van der Waals surface area (Å²) in [6, 6.07) is 0.298. The number of nitrogens with one attached hydrogen (secondary N) is 1. The molecule has 1 aliphatic rings. The molecule has 0 aromatic carbocycles. The minimum Gasteiger partial charge on any atom is -0.347 e. The summed E-state index contributed by atoms with van der Waals surface area (Å²) >= 11 is 0. The molecule has 1 aromatic rings. The molecule has 7 heteroatoms. The molecule has 1 unspecified atom stereocenters. The Bertz CT molecular complexity index is 465. The molecule has 1 atom stereocenters. The molecule has 0 amide bonds. The maximum Gasteiger partial charge on any atom is 0.333 e. The van der Waals surface area contributed by atoms with Crippen LogP contribution in [0.5, 0.6) is 0 Å². The van der Waals surface area contributed by atoms with Crippen LogP contribution < -0.4 is 10.2 Å². The Kier molecular flexibility index (Phi) is 4.04. The topological polar surface area (TPSA) is 76.2 Å². The van der Waals surface area contributed by atoms with Gasteiger partial charge in [-0.2, -0.15) is 5.10 Å². The third kappa shape index (κ3) is 2.56. The van der Waals surface area contributed by atoms with Crippen molar-refractivity contribution >= 4 is 11.5 Å². The molecule has 1 saturated heterocycles. The van der Waals surface area contributed by atoms with Crippen LogP contribution in [-0.4, -0.2) is 40.4 Å². The number of aryl methyl sites for hydroxylation is 2. The summed E-state index contributed by atoms with van der Waals surface area (Å²) in [6.07, 6.45) is 2.16. The average molecular weight is 267 g/mol. The van der Waals surface area contributed by atoms with Gasteiger partial charge in [0.25, 0.3) is 0 Å². The van der Waals surface area contributed by atoms with E-state index < -0.39 is 0 Å². The van der Waals surface area contributed by atoms with Gasteiger partial charge in [0.2, 0.25) is 5.82 Å². The second-order valence-electron chi connectivity index (χ2n) is 4.92. The number of nitro groups is 1. The Morgan fingerprint density at radius 3 is 2.89 bits per heavy atom. The number of nitrogens with zero attached hydrogens (tertiary/aromatic N) is 4. The highest BCUT2D eigenvalue weighted by Crippen LogP contribution is 2.32. The highest BCUT2D eigenvalue weighted by molar-refractivity contribution is 5.61. The Balaban J connectivity index is 2.39. The first-order valence-corrected chi connectivity index (χ1v) is 6.71. The molecule has 0 aliphatic carbocycles. The zero-order valence-electron chi connectivity index (χ0n) is 11.7. The molecular weight excluding hydrogens is 246 g/mol. The van der Waals surface area contributed by atoms with Crippen LogP contribution in [0.4, 0.5) is 11.5 Å². The molecule has 0 radical (unpaired) electrons. The average Bonchev–Trinajstić information content (AvgIpc) is 2.67. The molecule has 1 N–H and O–H groups in total. The molecule has 1 aromatic heterocycles. The summed E-state index contributed by atoms with van der Waals surface area (Å²) in [5.41, 5.74) is 0.611. The van der Waals surface area contributed by atoms with Gasteiger partial charge in [0.15, 0.2) is 0 Å². The Morgan fingerprint density at radius 2 is 2.37 bits per heavy atom. The van der Waals surface area contributed by atoms with Gasteiger partial charge in [-0.15, -0.1) is 0 Å². The van der Waals surface area contributed by atoms with Crippen LogP contribution in [0.2, 0.25) is 0 Å². The smallest absolute Gasteiger partial charge is 0.333 e. The van der Waals surface area contributed by atoms with Gasteiger partial charge in [0.1, 0.15) is 5.69 Å². The van der Waals surface area contributed by atoms with Gasteiger partial charge in [-0.1, -0.05) is 0 Å². The summed E-state index contributed by atoms with van der Waals surface area (Å²) < 4.78 is 1.63. The summed E-state index contributed by atoms with van der Waals surface area (Å²) in [5, 5.41) is 18.8. The lowest BCUT2D eigenvalue weighted by molar-refractivity contribution is -0.384. The lowest BCUT2D eigenvalue weighted by Crippen LogP contribution is -2.47. The quantitative estimate of drug-likeness (QED) is 0.655. The normalized spacial score (nSPS) is 19.4. The summed E-state index contributed by atoms with van der Waals surface area (Å²) in [4.78, 5) is 13.0. The van der Waals surface area contributed by atoms with Gasteiger partial charge in [0.05, 0.1) is 4.92 Å². The Labute approximate surface area is 112 Å². The number of anilines is 1. The van der Waals surface area contributed by atoms with Gasteiger partial charge in [-0.25, -0.2) is 4.68 Å². The van der Waals surface area contributed by atoms with Crippen LogP contribution in [0, 0.1) is 17.0 Å². The van der Waals surface area contributed by atoms with Gasteiger partial charge < -0.3 is 10.2 Å². The zero-order chi connectivity index (χ0) is 14.0. The van der Waals surface area contributed by atoms with Crippen molar-refractivity contribution in [3.8, 4) is 0 Å². The van der Waals surface area contributed by atoms with Gasteiger partial charge >= 0.3 is 5.69 Å². The van der Waals surface area contributed by atoms with Crippen molar-refractivity contribution < 1.29 is 4.92 Å². The lowest BCUT2D eigenvalue weighted by atomic mass is 10.1. The SMILES string of the molecule is CCN(c1c([N+](=O)[O-])c(C)nn1C)C1CCCNC1. The first-order chi connectivity index (χ1) is 9.06. The van der Waals surface area contributed by atoms with Gasteiger partial charge in [0, 0.05) is 26.2 Å². The van der Waals surface area contributed by atoms with E-state index in [1.54, 1.807) is 18.7 Å². The summed E-state index contributed by atoms with van der Waals surface area (Å²) in [6.45, 7) is 6.36. The van der Waals surface area contributed by atoms with Crippen LogP contribution in [0.1, 0.15) is 25.5 Å². The molecule has 106 valence electrons. The fraction of sp³-hybridized carbons (Fsp3) is 0.750. The largest absolute Gasteiger partial charge is 0.347 e.